The van der Waals surface area contributed by atoms with Crippen molar-refractivity contribution in [3.8, 4) is 6.07 Å². The van der Waals surface area contributed by atoms with Crippen LogP contribution in [0.3, 0.4) is 0 Å². The van der Waals surface area contributed by atoms with Crippen LogP contribution < -0.4 is 10.6 Å². The number of carbonyl (C=O) groups excluding carboxylic acids is 1. The minimum Gasteiger partial charge on any atom is -0.324 e. The van der Waals surface area contributed by atoms with Crippen LogP contribution in [-0.2, 0) is 4.79 Å². The van der Waals surface area contributed by atoms with Crippen molar-refractivity contribution in [3.05, 3.63) is 59.9 Å². The highest BCUT2D eigenvalue weighted by Gasteiger charge is 2.17. The molecule has 6 heteroatoms. The molecule has 0 saturated carbocycles. The standard InChI is InChI=1S/C20H22FN3OS/c1-14(2)20(15-7-9-16(21)10-8-15)23-13-19(25)24-17-5-3-4-6-18(17)26-12-11-22/h3-10,14,20,23H,12-13H2,1-2H3,(H,24,25)/t20-/m1/s1. The first-order valence-electron chi connectivity index (χ1n) is 8.38. The maximum absolute atomic E-state index is 13.1. The molecule has 0 bridgehead atoms. The summed E-state index contributed by atoms with van der Waals surface area (Å²) in [4.78, 5) is 13.2. The maximum Gasteiger partial charge on any atom is 0.238 e. The second-order valence-corrected chi connectivity index (χ2v) is 7.16. The summed E-state index contributed by atoms with van der Waals surface area (Å²) in [5.74, 6) is 0.125. The molecule has 2 aromatic rings. The molecule has 0 aliphatic heterocycles. The van der Waals surface area contributed by atoms with Crippen LogP contribution in [-0.4, -0.2) is 18.2 Å². The summed E-state index contributed by atoms with van der Waals surface area (Å²) in [5, 5.41) is 14.9. The molecule has 2 rings (SSSR count). The second kappa shape index (κ2) is 9.95. The van der Waals surface area contributed by atoms with Crippen LogP contribution in [0.2, 0.25) is 0 Å². The van der Waals surface area contributed by atoms with Gasteiger partial charge in [-0.15, -0.1) is 11.8 Å². The van der Waals surface area contributed by atoms with Gasteiger partial charge in [0.15, 0.2) is 0 Å². The van der Waals surface area contributed by atoms with Crippen molar-refractivity contribution in [1.29, 1.82) is 5.26 Å². The van der Waals surface area contributed by atoms with E-state index in [1.807, 2.05) is 38.1 Å². The quantitative estimate of drug-likeness (QED) is 0.677. The molecule has 0 aliphatic rings. The van der Waals surface area contributed by atoms with Gasteiger partial charge in [0.05, 0.1) is 24.1 Å². The number of nitrogens with one attached hydrogen (secondary N) is 2. The molecule has 2 aromatic carbocycles. The van der Waals surface area contributed by atoms with E-state index in [0.717, 1.165) is 10.5 Å². The van der Waals surface area contributed by atoms with Crippen LogP contribution in [0.15, 0.2) is 53.4 Å². The van der Waals surface area contributed by atoms with E-state index >= 15 is 0 Å². The van der Waals surface area contributed by atoms with Gasteiger partial charge in [-0.1, -0.05) is 38.1 Å². The number of benzene rings is 2. The molecule has 2 N–H and O–H groups in total. The Bertz CT molecular complexity index is 771. The Morgan fingerprint density at radius 2 is 1.88 bits per heavy atom. The Labute approximate surface area is 157 Å². The Morgan fingerprint density at radius 3 is 2.54 bits per heavy atom. The minimum atomic E-state index is -0.277. The number of nitriles is 1. The summed E-state index contributed by atoms with van der Waals surface area (Å²) in [7, 11) is 0. The molecule has 0 fully saturated rings. The van der Waals surface area contributed by atoms with Gasteiger partial charge in [0.1, 0.15) is 5.82 Å². The van der Waals surface area contributed by atoms with Gasteiger partial charge in [-0.3, -0.25) is 4.79 Å². The SMILES string of the molecule is CC(C)[C@@H](NCC(=O)Nc1ccccc1SCC#N)c1ccc(F)cc1. The predicted octanol–water partition coefficient (Wildman–Crippen LogP) is 4.37. The average Bonchev–Trinajstić information content (AvgIpc) is 2.62. The van der Waals surface area contributed by atoms with Crippen molar-refractivity contribution in [3.63, 3.8) is 0 Å². The molecule has 26 heavy (non-hydrogen) atoms. The topological polar surface area (TPSA) is 64.9 Å². The summed E-state index contributed by atoms with van der Waals surface area (Å²) in [6.07, 6.45) is 0. The molecule has 0 unspecified atom stereocenters. The Morgan fingerprint density at radius 1 is 1.19 bits per heavy atom. The van der Waals surface area contributed by atoms with Crippen LogP contribution in [0.4, 0.5) is 10.1 Å². The molecule has 4 nitrogen and oxygen atoms in total. The number of hydrogen-bond donors (Lipinski definition) is 2. The van der Waals surface area contributed by atoms with E-state index in [9.17, 15) is 9.18 Å². The van der Waals surface area contributed by atoms with Crippen molar-refractivity contribution in [2.45, 2.75) is 24.8 Å². The summed E-state index contributed by atoms with van der Waals surface area (Å²) >= 11 is 1.38. The van der Waals surface area contributed by atoms with Gasteiger partial charge in [0.25, 0.3) is 0 Å². The third-order valence-corrected chi connectivity index (χ3v) is 4.77. The number of anilines is 1. The molecular formula is C20H22FN3OS. The molecule has 1 atom stereocenters. The zero-order valence-corrected chi connectivity index (χ0v) is 15.6. The molecule has 0 radical (unpaired) electrons. The van der Waals surface area contributed by atoms with Crippen LogP contribution in [0.1, 0.15) is 25.5 Å². The highest BCUT2D eigenvalue weighted by Crippen LogP contribution is 2.26. The molecule has 0 aromatic heterocycles. The fraction of sp³-hybridized carbons (Fsp3) is 0.300. The highest BCUT2D eigenvalue weighted by molar-refractivity contribution is 7.99. The lowest BCUT2D eigenvalue weighted by Crippen LogP contribution is -2.33. The van der Waals surface area contributed by atoms with Crippen LogP contribution >= 0.6 is 11.8 Å². The Kier molecular flexibility index (Phi) is 7.64. The molecule has 0 aliphatic carbocycles. The fourth-order valence-corrected chi connectivity index (χ4v) is 3.28. The lowest BCUT2D eigenvalue weighted by atomic mass is 9.96. The number of halogens is 1. The summed E-state index contributed by atoms with van der Waals surface area (Å²) < 4.78 is 13.1. The molecule has 0 spiro atoms. The van der Waals surface area contributed by atoms with Crippen molar-refractivity contribution < 1.29 is 9.18 Å². The van der Waals surface area contributed by atoms with E-state index in [2.05, 4.69) is 16.7 Å². The van der Waals surface area contributed by atoms with Gasteiger partial charge in [-0.25, -0.2) is 4.39 Å². The number of thioether (sulfide) groups is 1. The highest BCUT2D eigenvalue weighted by atomic mass is 32.2. The van der Waals surface area contributed by atoms with Gasteiger partial charge in [-0.2, -0.15) is 5.26 Å². The summed E-state index contributed by atoms with van der Waals surface area (Å²) in [6, 6.07) is 15.8. The minimum absolute atomic E-state index is 0.0513. The van der Waals surface area contributed by atoms with E-state index in [1.54, 1.807) is 12.1 Å². The van der Waals surface area contributed by atoms with Gasteiger partial charge in [0, 0.05) is 10.9 Å². The van der Waals surface area contributed by atoms with Crippen molar-refractivity contribution in [2.24, 2.45) is 5.92 Å². The average molecular weight is 371 g/mol. The lowest BCUT2D eigenvalue weighted by molar-refractivity contribution is -0.115. The third-order valence-electron chi connectivity index (χ3n) is 3.83. The Balaban J connectivity index is 1.99. The van der Waals surface area contributed by atoms with Gasteiger partial charge in [-0.05, 0) is 35.7 Å². The van der Waals surface area contributed by atoms with Gasteiger partial charge in [0.2, 0.25) is 5.91 Å². The number of rotatable bonds is 8. The first kappa shape index (κ1) is 20.0. The third kappa shape index (κ3) is 5.87. The number of carbonyl (C=O) groups is 1. The summed E-state index contributed by atoms with van der Waals surface area (Å²) in [6.45, 7) is 4.23. The monoisotopic (exact) mass is 371 g/mol. The van der Waals surface area contributed by atoms with Crippen molar-refractivity contribution in [2.75, 3.05) is 17.6 Å². The zero-order chi connectivity index (χ0) is 18.9. The van der Waals surface area contributed by atoms with Crippen LogP contribution in [0.25, 0.3) is 0 Å². The smallest absolute Gasteiger partial charge is 0.238 e. The lowest BCUT2D eigenvalue weighted by Gasteiger charge is -2.23. The predicted molar refractivity (Wildman–Crippen MR) is 103 cm³/mol. The number of amides is 1. The Hall–Kier alpha value is -2.36. The first-order chi connectivity index (χ1) is 12.5. The van der Waals surface area contributed by atoms with E-state index < -0.39 is 0 Å². The van der Waals surface area contributed by atoms with Crippen LogP contribution in [0.5, 0.6) is 0 Å². The molecule has 1 amide bonds. The van der Waals surface area contributed by atoms with Crippen molar-refractivity contribution >= 4 is 23.4 Å². The second-order valence-electron chi connectivity index (χ2n) is 6.15. The van der Waals surface area contributed by atoms with E-state index in [4.69, 9.17) is 5.26 Å². The fourth-order valence-electron chi connectivity index (χ4n) is 2.61. The summed E-state index contributed by atoms with van der Waals surface area (Å²) in [5.41, 5.74) is 1.64. The molecule has 136 valence electrons. The van der Waals surface area contributed by atoms with E-state index in [0.29, 0.717) is 11.4 Å². The van der Waals surface area contributed by atoms with Gasteiger partial charge < -0.3 is 10.6 Å². The van der Waals surface area contributed by atoms with E-state index in [1.165, 1.54) is 23.9 Å². The van der Waals surface area contributed by atoms with E-state index in [-0.39, 0.29) is 30.2 Å². The number of nitrogens with zero attached hydrogens (tertiary/aromatic N) is 1. The zero-order valence-electron chi connectivity index (χ0n) is 14.8. The van der Waals surface area contributed by atoms with Gasteiger partial charge >= 0.3 is 0 Å². The van der Waals surface area contributed by atoms with Crippen LogP contribution in [0, 0.1) is 23.1 Å². The number of para-hydroxylation sites is 1. The molecular weight excluding hydrogens is 349 g/mol. The normalized spacial score (nSPS) is 11.8. The number of hydrogen-bond acceptors (Lipinski definition) is 4. The molecule has 0 heterocycles. The van der Waals surface area contributed by atoms with Crippen molar-refractivity contribution in [1.82, 2.24) is 5.32 Å². The largest absolute Gasteiger partial charge is 0.324 e. The molecule has 0 saturated heterocycles. The first-order valence-corrected chi connectivity index (χ1v) is 9.37. The maximum atomic E-state index is 13.1.